The van der Waals surface area contributed by atoms with Crippen LogP contribution < -0.4 is 15.4 Å². The lowest BCUT2D eigenvalue weighted by atomic mass is 9.73. The number of aliphatic imine (C=N–C) groups is 1. The number of amidine groups is 1. The zero-order valence-corrected chi connectivity index (χ0v) is 17.7. The third kappa shape index (κ3) is 3.08. The van der Waals surface area contributed by atoms with E-state index < -0.39 is 23.8 Å². The number of ether oxygens (including phenoxy) is 2. The van der Waals surface area contributed by atoms with Crippen LogP contribution in [0.25, 0.3) is 0 Å². The number of halogens is 2. The van der Waals surface area contributed by atoms with Crippen molar-refractivity contribution in [2.24, 2.45) is 10.7 Å². The van der Waals surface area contributed by atoms with Crippen molar-refractivity contribution >= 4 is 11.5 Å². The van der Waals surface area contributed by atoms with Gasteiger partial charge in [0.1, 0.15) is 36.2 Å². The van der Waals surface area contributed by atoms with E-state index in [0.717, 1.165) is 11.3 Å². The molecule has 2 aromatic carbocycles. The van der Waals surface area contributed by atoms with Gasteiger partial charge >= 0.3 is 0 Å². The zero-order valence-electron chi connectivity index (χ0n) is 17.7. The minimum absolute atomic E-state index is 0.0639. The number of anilines is 1. The van der Waals surface area contributed by atoms with Gasteiger partial charge in [-0.05, 0) is 36.8 Å². The van der Waals surface area contributed by atoms with Crippen molar-refractivity contribution < 1.29 is 18.3 Å². The second-order valence-corrected chi connectivity index (χ2v) is 8.55. The fourth-order valence-corrected chi connectivity index (χ4v) is 5.11. The lowest BCUT2D eigenvalue weighted by Gasteiger charge is -2.45. The Kier molecular flexibility index (Phi) is 4.58. The van der Waals surface area contributed by atoms with Gasteiger partial charge in [-0.25, -0.2) is 9.37 Å². The maximum Gasteiger partial charge on any atom is 0.218 e. The number of hydrogen-bond acceptors (Lipinski definition) is 6. The molecule has 3 aliphatic rings. The highest BCUT2D eigenvalue weighted by Crippen LogP contribution is 2.57. The van der Waals surface area contributed by atoms with E-state index in [2.05, 4.69) is 4.98 Å². The van der Waals surface area contributed by atoms with Gasteiger partial charge in [-0.1, -0.05) is 24.3 Å². The van der Waals surface area contributed by atoms with Gasteiger partial charge in [-0.3, -0.25) is 4.99 Å². The van der Waals surface area contributed by atoms with Gasteiger partial charge in [0, 0.05) is 41.7 Å². The molecule has 2 unspecified atom stereocenters. The van der Waals surface area contributed by atoms with Crippen molar-refractivity contribution in [1.82, 2.24) is 4.98 Å². The van der Waals surface area contributed by atoms with Crippen LogP contribution in [-0.4, -0.2) is 36.7 Å². The second kappa shape index (κ2) is 7.52. The average molecular weight is 448 g/mol. The summed E-state index contributed by atoms with van der Waals surface area (Å²) in [7, 11) is 0. The van der Waals surface area contributed by atoms with E-state index in [1.807, 2.05) is 47.4 Å². The van der Waals surface area contributed by atoms with Crippen LogP contribution in [0.15, 0.2) is 65.8 Å². The minimum atomic E-state index is -1.19. The molecule has 0 saturated carbocycles. The maximum absolute atomic E-state index is 15.0. The number of alkyl halides is 1. The Morgan fingerprint density at radius 2 is 1.91 bits per heavy atom. The molecule has 6 rings (SSSR count). The van der Waals surface area contributed by atoms with Gasteiger partial charge in [0.2, 0.25) is 5.95 Å². The van der Waals surface area contributed by atoms with E-state index in [0.29, 0.717) is 42.4 Å². The predicted molar refractivity (Wildman–Crippen MR) is 120 cm³/mol. The molecule has 3 atom stereocenters. The lowest BCUT2D eigenvalue weighted by molar-refractivity contribution is 0.0131. The van der Waals surface area contributed by atoms with Gasteiger partial charge in [-0.15, -0.1) is 0 Å². The Balaban J connectivity index is 1.62. The Bertz CT molecular complexity index is 1270. The van der Waals surface area contributed by atoms with Gasteiger partial charge in [0.25, 0.3) is 0 Å². The first-order valence-electron chi connectivity index (χ1n) is 10.9. The Morgan fingerprint density at radius 1 is 1.06 bits per heavy atom. The van der Waals surface area contributed by atoms with E-state index in [-0.39, 0.29) is 12.2 Å². The van der Waals surface area contributed by atoms with Crippen LogP contribution in [0.2, 0.25) is 0 Å². The Hall–Kier alpha value is -3.52. The Morgan fingerprint density at radius 3 is 2.73 bits per heavy atom. The molecule has 1 saturated heterocycles. The van der Waals surface area contributed by atoms with Crippen molar-refractivity contribution in [1.29, 1.82) is 0 Å². The number of para-hydroxylation sites is 1. The van der Waals surface area contributed by atoms with Crippen LogP contribution in [0, 0.1) is 5.95 Å². The zero-order chi connectivity index (χ0) is 22.6. The summed E-state index contributed by atoms with van der Waals surface area (Å²) in [5, 5.41) is 0. The van der Waals surface area contributed by atoms with Crippen molar-refractivity contribution in [2.75, 3.05) is 24.6 Å². The van der Waals surface area contributed by atoms with Gasteiger partial charge in [0.15, 0.2) is 5.54 Å². The van der Waals surface area contributed by atoms with E-state index in [1.165, 1.54) is 6.20 Å². The molecule has 2 N–H and O–H groups in total. The summed E-state index contributed by atoms with van der Waals surface area (Å²) in [5.41, 5.74) is 7.57. The van der Waals surface area contributed by atoms with Crippen molar-refractivity contribution in [3.63, 3.8) is 0 Å². The first kappa shape index (κ1) is 20.1. The third-order valence-electron chi connectivity index (χ3n) is 6.55. The summed E-state index contributed by atoms with van der Waals surface area (Å²) in [5.74, 6) is 0.844. The number of nitrogens with zero attached hydrogens (tertiary/aromatic N) is 3. The number of rotatable bonds is 2. The molecule has 0 amide bonds. The molecule has 3 aromatic rings. The van der Waals surface area contributed by atoms with Crippen LogP contribution in [0.1, 0.15) is 29.2 Å². The highest BCUT2D eigenvalue weighted by Gasteiger charge is 2.53. The number of benzene rings is 2. The topological polar surface area (TPSA) is 73.0 Å². The van der Waals surface area contributed by atoms with Crippen LogP contribution >= 0.6 is 0 Å². The summed E-state index contributed by atoms with van der Waals surface area (Å²) in [6.07, 6.45) is 0.191. The molecular weight excluding hydrogens is 426 g/mol. The van der Waals surface area contributed by atoms with Crippen LogP contribution in [-0.2, 0) is 10.3 Å². The molecular formula is C25H22F2N4O2. The number of fused-ring (bicyclic) bond motifs is 4. The highest BCUT2D eigenvalue weighted by molar-refractivity contribution is 5.84. The molecule has 1 fully saturated rings. The Labute approximate surface area is 189 Å². The van der Waals surface area contributed by atoms with E-state index in [9.17, 15) is 8.78 Å². The van der Waals surface area contributed by atoms with E-state index in [1.54, 1.807) is 12.1 Å². The SMILES string of the molecule is NC1=NC2(c3ccccc3Oc3ccc(N4CC[C@@H](F)C4)cc32)C(c2cccnc2F)OC1. The summed E-state index contributed by atoms with van der Waals surface area (Å²) in [4.78, 5) is 10.8. The molecule has 1 aromatic heterocycles. The molecule has 4 heterocycles. The first-order valence-corrected chi connectivity index (χ1v) is 10.9. The maximum atomic E-state index is 15.0. The van der Waals surface area contributed by atoms with Crippen molar-refractivity contribution in [2.45, 2.75) is 24.2 Å². The third-order valence-corrected chi connectivity index (χ3v) is 6.55. The number of aromatic nitrogens is 1. The van der Waals surface area contributed by atoms with E-state index in [4.69, 9.17) is 20.2 Å². The predicted octanol–water partition coefficient (Wildman–Crippen LogP) is 4.25. The lowest BCUT2D eigenvalue weighted by Crippen LogP contribution is -2.45. The normalized spacial score (nSPS) is 25.9. The molecule has 6 nitrogen and oxygen atoms in total. The number of pyridine rings is 1. The fraction of sp³-hybridized carbons (Fsp3) is 0.280. The summed E-state index contributed by atoms with van der Waals surface area (Å²) < 4.78 is 41.3. The smallest absolute Gasteiger partial charge is 0.218 e. The molecule has 168 valence electrons. The molecule has 33 heavy (non-hydrogen) atoms. The van der Waals surface area contributed by atoms with Crippen molar-refractivity contribution in [3.05, 3.63) is 83.4 Å². The molecule has 0 radical (unpaired) electrons. The highest BCUT2D eigenvalue weighted by atomic mass is 19.1. The van der Waals surface area contributed by atoms with Gasteiger partial charge in [-0.2, -0.15) is 4.39 Å². The fourth-order valence-electron chi connectivity index (χ4n) is 5.11. The molecule has 0 bridgehead atoms. The monoisotopic (exact) mass is 448 g/mol. The van der Waals surface area contributed by atoms with Crippen LogP contribution in [0.4, 0.5) is 14.5 Å². The molecule has 8 heteroatoms. The standard InChI is InChI=1S/C25H22F2N4O2/c26-15-9-11-31(13-15)16-7-8-21-19(12-16)25(18-5-1-2-6-20(18)33-21)23(32-14-22(28)30-25)17-4-3-10-29-24(17)27/h1-8,10,12,15,23H,9,11,13-14H2,(H2,28,30)/t15-,23?,25?/m1/s1. The molecule has 3 aliphatic heterocycles. The summed E-state index contributed by atoms with van der Waals surface area (Å²) in [6.45, 7) is 1.01. The molecule has 0 aliphatic carbocycles. The average Bonchev–Trinajstić information content (AvgIpc) is 3.26. The number of hydrogen-bond donors (Lipinski definition) is 1. The largest absolute Gasteiger partial charge is 0.457 e. The second-order valence-electron chi connectivity index (χ2n) is 8.55. The van der Waals surface area contributed by atoms with Gasteiger partial charge < -0.3 is 20.1 Å². The first-order chi connectivity index (χ1) is 16.1. The van der Waals surface area contributed by atoms with Crippen molar-refractivity contribution in [3.8, 4) is 11.5 Å². The van der Waals surface area contributed by atoms with Crippen LogP contribution in [0.5, 0.6) is 11.5 Å². The van der Waals surface area contributed by atoms with Crippen LogP contribution in [0.3, 0.4) is 0 Å². The number of nitrogens with two attached hydrogens (primary N) is 1. The quantitative estimate of drug-likeness (QED) is 0.594. The molecule has 1 spiro atoms. The summed E-state index contributed by atoms with van der Waals surface area (Å²) >= 11 is 0. The van der Waals surface area contributed by atoms with Gasteiger partial charge in [0.05, 0.1) is 0 Å². The summed E-state index contributed by atoms with van der Waals surface area (Å²) in [6, 6.07) is 16.5. The van der Waals surface area contributed by atoms with E-state index >= 15 is 0 Å². The minimum Gasteiger partial charge on any atom is -0.457 e.